The van der Waals surface area contributed by atoms with Crippen molar-refractivity contribution >= 4 is 28.4 Å². The molecule has 3 aromatic rings. The van der Waals surface area contributed by atoms with Gasteiger partial charge < -0.3 is 10.1 Å². The molecule has 0 bridgehead atoms. The Balaban J connectivity index is 1.70. The summed E-state index contributed by atoms with van der Waals surface area (Å²) in [7, 11) is 0. The second kappa shape index (κ2) is 5.26. The molecule has 2 aromatic carbocycles. The monoisotopic (exact) mass is 332 g/mol. The first-order chi connectivity index (χ1) is 11.5. The molecule has 2 heterocycles. The van der Waals surface area contributed by atoms with Gasteiger partial charge in [0.25, 0.3) is 0 Å². The van der Waals surface area contributed by atoms with Gasteiger partial charge in [0.15, 0.2) is 0 Å². The number of hydrogen-bond acceptors (Lipinski definition) is 4. The third-order valence-electron chi connectivity index (χ3n) is 3.72. The fourth-order valence-corrected chi connectivity index (χ4v) is 2.70. The van der Waals surface area contributed by atoms with Gasteiger partial charge in [0.05, 0.1) is 0 Å². The lowest BCUT2D eigenvalue weighted by atomic mass is 10.0. The van der Waals surface area contributed by atoms with Crippen molar-refractivity contribution in [3.05, 3.63) is 47.5 Å². The van der Waals surface area contributed by atoms with Crippen molar-refractivity contribution in [3.63, 3.8) is 0 Å². The van der Waals surface area contributed by atoms with Gasteiger partial charge in [-0.05, 0) is 47.5 Å². The minimum atomic E-state index is -4.71. The second-order valence-electron chi connectivity index (χ2n) is 5.35. The van der Waals surface area contributed by atoms with Gasteiger partial charge in [-0.15, -0.1) is 13.2 Å². The summed E-state index contributed by atoms with van der Waals surface area (Å²) in [6.45, 7) is 0.529. The number of aromatic amines is 1. The van der Waals surface area contributed by atoms with Crippen LogP contribution in [-0.2, 0) is 0 Å². The molecule has 5 nitrogen and oxygen atoms in total. The zero-order valence-corrected chi connectivity index (χ0v) is 12.2. The highest BCUT2D eigenvalue weighted by Crippen LogP contribution is 2.36. The molecule has 1 aliphatic rings. The van der Waals surface area contributed by atoms with Crippen molar-refractivity contribution in [2.24, 2.45) is 0 Å². The average molecular weight is 332 g/mol. The molecule has 1 aliphatic heterocycles. The number of aromatic nitrogens is 3. The third-order valence-corrected chi connectivity index (χ3v) is 3.72. The Kier molecular flexibility index (Phi) is 3.19. The van der Waals surface area contributed by atoms with Crippen LogP contribution in [0, 0.1) is 0 Å². The molecule has 2 N–H and O–H groups in total. The predicted molar refractivity (Wildman–Crippen MR) is 83.4 cm³/mol. The van der Waals surface area contributed by atoms with Crippen LogP contribution in [0.2, 0.25) is 0 Å². The Morgan fingerprint density at radius 1 is 1.04 bits per heavy atom. The van der Waals surface area contributed by atoms with Gasteiger partial charge in [0.1, 0.15) is 16.8 Å². The lowest BCUT2D eigenvalue weighted by Gasteiger charge is -2.10. The molecular weight excluding hydrogens is 321 g/mol. The molecule has 0 saturated carbocycles. The smallest absolute Gasteiger partial charge is 0.406 e. The Morgan fingerprint density at radius 3 is 2.71 bits per heavy atom. The number of benzene rings is 2. The summed E-state index contributed by atoms with van der Waals surface area (Å²) < 4.78 is 41.2. The van der Waals surface area contributed by atoms with Crippen LogP contribution in [0.3, 0.4) is 0 Å². The third kappa shape index (κ3) is 2.78. The van der Waals surface area contributed by atoms with Gasteiger partial charge in [-0.1, -0.05) is 6.07 Å². The Hall–Kier alpha value is -3.03. The van der Waals surface area contributed by atoms with Crippen molar-refractivity contribution in [2.75, 3.05) is 11.9 Å². The molecule has 4 rings (SSSR count). The van der Waals surface area contributed by atoms with Crippen molar-refractivity contribution in [1.29, 1.82) is 0 Å². The standard InChI is InChI=1S/C16H11F3N4O/c17-16(18,19)24-11-2-4-13-12(7-11)10(8-20-13)5-9-1-3-14-15(6-9)22-23-21-14/h1-7,20H,8H2,(H,21,22,23)/b10-5-. The van der Waals surface area contributed by atoms with Gasteiger partial charge in [-0.25, -0.2) is 0 Å². The van der Waals surface area contributed by atoms with Crippen molar-refractivity contribution in [1.82, 2.24) is 15.4 Å². The first-order valence-electron chi connectivity index (χ1n) is 7.13. The maximum absolute atomic E-state index is 12.4. The zero-order valence-electron chi connectivity index (χ0n) is 12.2. The molecule has 0 spiro atoms. The fourth-order valence-electron chi connectivity index (χ4n) is 2.70. The number of nitrogens with one attached hydrogen (secondary N) is 2. The van der Waals surface area contributed by atoms with Crippen molar-refractivity contribution in [2.45, 2.75) is 6.36 Å². The molecule has 0 radical (unpaired) electrons. The SMILES string of the molecule is FC(F)(F)Oc1ccc2c(c1)/C(=C\c1ccc3n[nH]nc3c1)CN2. The molecule has 0 aliphatic carbocycles. The van der Waals surface area contributed by atoms with Crippen LogP contribution in [0.25, 0.3) is 22.7 Å². The number of H-pyrrole nitrogens is 1. The van der Waals surface area contributed by atoms with E-state index in [1.54, 1.807) is 6.07 Å². The number of nitrogens with zero attached hydrogens (tertiary/aromatic N) is 2. The van der Waals surface area contributed by atoms with Crippen LogP contribution in [0.15, 0.2) is 36.4 Å². The van der Waals surface area contributed by atoms with Gasteiger partial charge >= 0.3 is 6.36 Å². The summed E-state index contributed by atoms with van der Waals surface area (Å²) in [5.74, 6) is -0.234. The number of hydrogen-bond donors (Lipinski definition) is 2. The maximum atomic E-state index is 12.4. The molecule has 0 fully saturated rings. The minimum absolute atomic E-state index is 0.234. The molecule has 0 amide bonds. The van der Waals surface area contributed by atoms with E-state index in [0.717, 1.165) is 27.9 Å². The molecule has 0 unspecified atom stereocenters. The van der Waals surface area contributed by atoms with E-state index in [1.165, 1.54) is 12.1 Å². The normalized spacial score (nSPS) is 15.5. The van der Waals surface area contributed by atoms with Crippen LogP contribution in [-0.4, -0.2) is 28.3 Å². The summed E-state index contributed by atoms with van der Waals surface area (Å²) >= 11 is 0. The average Bonchev–Trinajstić information content (AvgIpc) is 3.12. The van der Waals surface area contributed by atoms with E-state index in [1.807, 2.05) is 24.3 Å². The minimum Gasteiger partial charge on any atom is -0.406 e. The van der Waals surface area contributed by atoms with Gasteiger partial charge in [0, 0.05) is 17.8 Å². The highest BCUT2D eigenvalue weighted by molar-refractivity contribution is 5.94. The van der Waals surface area contributed by atoms with E-state index < -0.39 is 6.36 Å². The van der Waals surface area contributed by atoms with Crippen LogP contribution in [0.5, 0.6) is 5.75 Å². The zero-order chi connectivity index (χ0) is 16.7. The van der Waals surface area contributed by atoms with E-state index in [4.69, 9.17) is 0 Å². The summed E-state index contributed by atoms with van der Waals surface area (Å²) in [6, 6.07) is 9.84. The van der Waals surface area contributed by atoms with Crippen LogP contribution in [0.1, 0.15) is 11.1 Å². The van der Waals surface area contributed by atoms with Crippen molar-refractivity contribution in [3.8, 4) is 5.75 Å². The molecule has 0 atom stereocenters. The largest absolute Gasteiger partial charge is 0.573 e. The lowest BCUT2D eigenvalue weighted by molar-refractivity contribution is -0.274. The van der Waals surface area contributed by atoms with Gasteiger partial charge in [0.2, 0.25) is 0 Å². The van der Waals surface area contributed by atoms with E-state index >= 15 is 0 Å². The number of fused-ring (bicyclic) bond motifs is 2. The molecular formula is C16H11F3N4O. The first kappa shape index (κ1) is 14.6. The summed E-state index contributed by atoms with van der Waals surface area (Å²) in [6.07, 6.45) is -2.80. The molecule has 122 valence electrons. The van der Waals surface area contributed by atoms with E-state index in [2.05, 4.69) is 25.5 Å². The predicted octanol–water partition coefficient (Wildman–Crippen LogP) is 3.82. The Labute approximate surface area is 134 Å². The highest BCUT2D eigenvalue weighted by atomic mass is 19.4. The topological polar surface area (TPSA) is 62.8 Å². The summed E-state index contributed by atoms with van der Waals surface area (Å²) in [4.78, 5) is 0. The molecule has 1 aromatic heterocycles. The Bertz CT molecular complexity index is 946. The quantitative estimate of drug-likeness (QED) is 0.749. The number of anilines is 1. The lowest BCUT2D eigenvalue weighted by Crippen LogP contribution is -2.17. The fraction of sp³-hybridized carbons (Fsp3) is 0.125. The van der Waals surface area contributed by atoms with E-state index in [0.29, 0.717) is 12.1 Å². The molecule has 24 heavy (non-hydrogen) atoms. The number of rotatable bonds is 2. The van der Waals surface area contributed by atoms with E-state index in [-0.39, 0.29) is 5.75 Å². The number of alkyl halides is 3. The van der Waals surface area contributed by atoms with Gasteiger partial charge in [-0.2, -0.15) is 15.4 Å². The summed E-state index contributed by atoms with van der Waals surface area (Å²) in [5, 5.41) is 13.7. The van der Waals surface area contributed by atoms with Gasteiger partial charge in [-0.3, -0.25) is 0 Å². The van der Waals surface area contributed by atoms with Crippen molar-refractivity contribution < 1.29 is 17.9 Å². The second-order valence-corrected chi connectivity index (χ2v) is 5.35. The molecule has 8 heteroatoms. The number of ether oxygens (including phenoxy) is 1. The van der Waals surface area contributed by atoms with Crippen LogP contribution < -0.4 is 10.1 Å². The Morgan fingerprint density at radius 2 is 1.88 bits per heavy atom. The molecule has 0 saturated heterocycles. The maximum Gasteiger partial charge on any atom is 0.573 e. The first-order valence-corrected chi connectivity index (χ1v) is 7.13. The van der Waals surface area contributed by atoms with E-state index in [9.17, 15) is 13.2 Å². The number of halogens is 3. The van der Waals surface area contributed by atoms with Crippen LogP contribution in [0.4, 0.5) is 18.9 Å². The highest BCUT2D eigenvalue weighted by Gasteiger charge is 2.31. The summed E-state index contributed by atoms with van der Waals surface area (Å²) in [5.41, 5.74) is 4.71. The van der Waals surface area contributed by atoms with Crippen LogP contribution >= 0.6 is 0 Å².